The Morgan fingerprint density at radius 1 is 1.08 bits per heavy atom. The van der Waals surface area contributed by atoms with Crippen LogP contribution in [0.15, 0.2) is 53.4 Å². The molecule has 132 valence electrons. The summed E-state index contributed by atoms with van der Waals surface area (Å²) < 4.78 is 32.8. The fourth-order valence-corrected chi connectivity index (χ4v) is 4.06. The van der Waals surface area contributed by atoms with Crippen LogP contribution in [0.5, 0.6) is 5.75 Å². The number of hydrogen-bond acceptors (Lipinski definition) is 4. The summed E-state index contributed by atoms with van der Waals surface area (Å²) in [6, 6.07) is 11.8. The second-order valence-corrected chi connectivity index (χ2v) is 8.40. The van der Waals surface area contributed by atoms with Crippen molar-refractivity contribution in [2.75, 3.05) is 17.1 Å². The minimum Gasteiger partial charge on any atom is -0.497 e. The van der Waals surface area contributed by atoms with Crippen molar-refractivity contribution in [3.63, 3.8) is 0 Å². The normalized spacial score (nSPS) is 15.6. The van der Waals surface area contributed by atoms with Gasteiger partial charge in [0.05, 0.1) is 17.5 Å². The first-order chi connectivity index (χ1) is 11.7. The van der Waals surface area contributed by atoms with Gasteiger partial charge in [0.1, 0.15) is 5.75 Å². The van der Waals surface area contributed by atoms with Gasteiger partial charge < -0.3 is 10.1 Å². The molecule has 2 aromatic carbocycles. The van der Waals surface area contributed by atoms with Gasteiger partial charge in [-0.15, -0.1) is 0 Å². The highest BCUT2D eigenvalue weighted by atomic mass is 32.2. The summed E-state index contributed by atoms with van der Waals surface area (Å²) in [7, 11) is -2.11. The zero-order valence-corrected chi connectivity index (χ0v) is 15.6. The van der Waals surface area contributed by atoms with Crippen molar-refractivity contribution in [1.82, 2.24) is 0 Å². The van der Waals surface area contributed by atoms with Crippen molar-refractivity contribution in [3.05, 3.63) is 54.1 Å². The Balaban J connectivity index is 1.89. The number of benzene rings is 2. The van der Waals surface area contributed by atoms with E-state index in [2.05, 4.69) is 30.0 Å². The number of hydrogen-bond donors (Lipinski definition) is 2. The topological polar surface area (TPSA) is 67.4 Å². The zero-order chi connectivity index (χ0) is 18.2. The van der Waals surface area contributed by atoms with Crippen molar-refractivity contribution >= 4 is 27.0 Å². The van der Waals surface area contributed by atoms with E-state index < -0.39 is 10.0 Å². The molecule has 0 radical (unpaired) electrons. The molecule has 0 unspecified atom stereocenters. The number of rotatable bonds is 4. The van der Waals surface area contributed by atoms with Crippen LogP contribution in [0.2, 0.25) is 0 Å². The summed E-state index contributed by atoms with van der Waals surface area (Å²) in [6.45, 7) is 6.22. The van der Waals surface area contributed by atoms with Gasteiger partial charge in [0.25, 0.3) is 10.0 Å². The molecule has 1 heterocycles. The second-order valence-electron chi connectivity index (χ2n) is 6.72. The van der Waals surface area contributed by atoms with Gasteiger partial charge in [-0.1, -0.05) is 6.08 Å². The van der Waals surface area contributed by atoms with E-state index in [-0.39, 0.29) is 10.4 Å². The van der Waals surface area contributed by atoms with E-state index >= 15 is 0 Å². The Labute approximate surface area is 148 Å². The van der Waals surface area contributed by atoms with Crippen LogP contribution in [0.4, 0.5) is 11.4 Å². The molecular formula is C19H22N2O3S. The number of methoxy groups -OCH3 is 1. The Hall–Kier alpha value is -2.47. The molecule has 2 aromatic rings. The first-order valence-corrected chi connectivity index (χ1v) is 9.47. The molecule has 0 atom stereocenters. The molecule has 5 nitrogen and oxygen atoms in total. The van der Waals surface area contributed by atoms with Gasteiger partial charge in [0.2, 0.25) is 0 Å². The maximum atomic E-state index is 12.6. The maximum absolute atomic E-state index is 12.6. The number of sulfonamides is 1. The van der Waals surface area contributed by atoms with Gasteiger partial charge in [-0.05, 0) is 68.8 Å². The van der Waals surface area contributed by atoms with E-state index in [1.54, 1.807) is 25.3 Å². The van der Waals surface area contributed by atoms with Crippen molar-refractivity contribution in [2.45, 2.75) is 31.2 Å². The highest BCUT2D eigenvalue weighted by Crippen LogP contribution is 2.35. The van der Waals surface area contributed by atoms with Crippen molar-refractivity contribution in [3.8, 4) is 5.75 Å². The van der Waals surface area contributed by atoms with E-state index in [9.17, 15) is 8.42 Å². The Morgan fingerprint density at radius 3 is 2.40 bits per heavy atom. The molecule has 0 saturated heterocycles. The molecule has 0 bridgehead atoms. The van der Waals surface area contributed by atoms with Crippen molar-refractivity contribution in [1.29, 1.82) is 0 Å². The summed E-state index contributed by atoms with van der Waals surface area (Å²) in [5.74, 6) is 0.613. The fraction of sp³-hybridized carbons (Fsp3) is 0.263. The fourth-order valence-electron chi connectivity index (χ4n) is 3.01. The molecule has 25 heavy (non-hydrogen) atoms. The number of allylic oxidation sites excluding steroid dienone is 1. The molecule has 0 aliphatic carbocycles. The highest BCUT2D eigenvalue weighted by molar-refractivity contribution is 7.92. The summed E-state index contributed by atoms with van der Waals surface area (Å²) >= 11 is 0. The molecule has 0 aromatic heterocycles. The monoisotopic (exact) mass is 358 g/mol. The van der Waals surface area contributed by atoms with Crippen LogP contribution < -0.4 is 14.8 Å². The van der Waals surface area contributed by atoms with Gasteiger partial charge in [0, 0.05) is 16.9 Å². The van der Waals surface area contributed by atoms with Crippen molar-refractivity contribution < 1.29 is 13.2 Å². The third kappa shape index (κ3) is 3.64. The van der Waals surface area contributed by atoms with Gasteiger partial charge in [0.15, 0.2) is 0 Å². The van der Waals surface area contributed by atoms with Crippen LogP contribution >= 0.6 is 0 Å². The third-order valence-electron chi connectivity index (χ3n) is 4.10. The lowest BCUT2D eigenvalue weighted by molar-refractivity contribution is 0.414. The molecule has 0 fully saturated rings. The lowest BCUT2D eigenvalue weighted by atomic mass is 9.91. The molecule has 1 aliphatic rings. The largest absolute Gasteiger partial charge is 0.497 e. The number of fused-ring (bicyclic) bond motifs is 1. The SMILES string of the molecule is COc1ccc(S(=O)(=O)Nc2ccc3c(c2)C(C)=CC(C)(C)N3)cc1. The predicted octanol–water partition coefficient (Wildman–Crippen LogP) is 4.10. The summed E-state index contributed by atoms with van der Waals surface area (Å²) in [5, 5.41) is 3.43. The van der Waals surface area contributed by atoms with E-state index in [4.69, 9.17) is 4.74 Å². The minimum absolute atomic E-state index is 0.124. The van der Waals surface area contributed by atoms with E-state index in [1.807, 2.05) is 19.1 Å². The molecular weight excluding hydrogens is 336 g/mol. The quantitative estimate of drug-likeness (QED) is 0.863. The number of ether oxygens (including phenoxy) is 1. The molecule has 0 spiro atoms. The average Bonchev–Trinajstić information content (AvgIpc) is 2.54. The molecule has 0 saturated carbocycles. The van der Waals surface area contributed by atoms with Gasteiger partial charge in [-0.3, -0.25) is 4.72 Å². The predicted molar refractivity (Wildman–Crippen MR) is 102 cm³/mol. The summed E-state index contributed by atoms with van der Waals surface area (Å²) in [6.07, 6.45) is 2.14. The van der Waals surface area contributed by atoms with Gasteiger partial charge >= 0.3 is 0 Å². The average molecular weight is 358 g/mol. The second kappa shape index (κ2) is 6.11. The van der Waals surface area contributed by atoms with Crippen LogP contribution in [0.25, 0.3) is 5.57 Å². The molecule has 1 aliphatic heterocycles. The molecule has 2 N–H and O–H groups in total. The zero-order valence-electron chi connectivity index (χ0n) is 14.8. The van der Waals surface area contributed by atoms with Crippen LogP contribution in [0.1, 0.15) is 26.3 Å². The van der Waals surface area contributed by atoms with Gasteiger partial charge in [-0.25, -0.2) is 8.42 Å². The van der Waals surface area contributed by atoms with E-state index in [0.717, 1.165) is 16.8 Å². The smallest absolute Gasteiger partial charge is 0.261 e. The number of nitrogens with one attached hydrogen (secondary N) is 2. The molecule has 3 rings (SSSR count). The maximum Gasteiger partial charge on any atom is 0.261 e. The van der Waals surface area contributed by atoms with E-state index in [0.29, 0.717) is 11.4 Å². The van der Waals surface area contributed by atoms with Crippen LogP contribution in [-0.2, 0) is 10.0 Å². The minimum atomic E-state index is -3.65. The third-order valence-corrected chi connectivity index (χ3v) is 5.50. The molecule has 0 amide bonds. The van der Waals surface area contributed by atoms with E-state index in [1.165, 1.54) is 12.1 Å². The van der Waals surface area contributed by atoms with Crippen molar-refractivity contribution in [2.24, 2.45) is 0 Å². The van der Waals surface area contributed by atoms with Crippen LogP contribution in [0, 0.1) is 0 Å². The number of anilines is 2. The lowest BCUT2D eigenvalue weighted by Crippen LogP contribution is -2.31. The standard InChI is InChI=1S/C19H22N2O3S/c1-13-12-19(2,3)20-18-10-5-14(11-17(13)18)21-25(22,23)16-8-6-15(24-4)7-9-16/h5-12,20-21H,1-4H3. The Bertz CT molecular complexity index is 930. The Kier molecular flexibility index (Phi) is 4.24. The van der Waals surface area contributed by atoms with Crippen LogP contribution in [0.3, 0.4) is 0 Å². The Morgan fingerprint density at radius 2 is 1.76 bits per heavy atom. The first kappa shape index (κ1) is 17.4. The summed E-state index contributed by atoms with van der Waals surface area (Å²) in [4.78, 5) is 0.192. The van der Waals surface area contributed by atoms with Gasteiger partial charge in [-0.2, -0.15) is 0 Å². The molecule has 6 heteroatoms. The lowest BCUT2D eigenvalue weighted by Gasteiger charge is -2.31. The first-order valence-electron chi connectivity index (χ1n) is 7.99. The summed E-state index contributed by atoms with van der Waals surface area (Å²) in [5.41, 5.74) is 3.51. The van der Waals surface area contributed by atoms with Crippen LogP contribution in [-0.4, -0.2) is 21.1 Å². The highest BCUT2D eigenvalue weighted by Gasteiger charge is 2.23.